The average molecular weight is 209 g/mol. The monoisotopic (exact) mass is 209 g/mol. The van der Waals surface area contributed by atoms with Crippen LogP contribution in [0.3, 0.4) is 0 Å². The highest BCUT2D eigenvalue weighted by molar-refractivity contribution is 5.81. The molecule has 15 heavy (non-hydrogen) atoms. The summed E-state index contributed by atoms with van der Waals surface area (Å²) in [5.41, 5.74) is 0. The largest absolute Gasteiger partial charge is 0.338 e. The number of rotatable bonds is 1. The van der Waals surface area contributed by atoms with E-state index in [4.69, 9.17) is 5.26 Å². The zero-order valence-electron chi connectivity index (χ0n) is 9.90. The van der Waals surface area contributed by atoms with E-state index in [-0.39, 0.29) is 5.91 Å². The zero-order chi connectivity index (χ0) is 11.6. The first-order valence-electron chi connectivity index (χ1n) is 5.37. The fourth-order valence-electron chi connectivity index (χ4n) is 1.91. The maximum atomic E-state index is 11.8. The molecule has 1 saturated heterocycles. The summed E-state index contributed by atoms with van der Waals surface area (Å²) >= 11 is 0. The molecule has 1 aliphatic rings. The van der Waals surface area contributed by atoms with E-state index in [1.165, 1.54) is 0 Å². The highest BCUT2D eigenvalue weighted by Crippen LogP contribution is 2.15. The minimum atomic E-state index is -0.521. The second-order valence-corrected chi connectivity index (χ2v) is 4.46. The number of likely N-dealkylation sites (N-methyl/N-ethyl adjacent to an activating group) is 1. The van der Waals surface area contributed by atoms with Crippen LogP contribution in [0.5, 0.6) is 0 Å². The van der Waals surface area contributed by atoms with E-state index in [1.54, 1.807) is 6.92 Å². The number of hydrogen-bond donors (Lipinski definition) is 0. The highest BCUT2D eigenvalue weighted by atomic mass is 16.2. The van der Waals surface area contributed by atoms with E-state index < -0.39 is 5.92 Å². The van der Waals surface area contributed by atoms with Crippen molar-refractivity contribution in [3.05, 3.63) is 0 Å². The molecule has 0 N–H and O–H groups in total. The quantitative estimate of drug-likeness (QED) is 0.638. The Hall–Kier alpha value is -1.08. The molecule has 1 rings (SSSR count). The van der Waals surface area contributed by atoms with Crippen LogP contribution in [0, 0.1) is 17.2 Å². The Kier molecular flexibility index (Phi) is 3.70. The van der Waals surface area contributed by atoms with Crippen molar-refractivity contribution >= 4 is 5.91 Å². The molecule has 0 aromatic heterocycles. The van der Waals surface area contributed by atoms with Crippen molar-refractivity contribution in [2.24, 2.45) is 5.92 Å². The Morgan fingerprint density at radius 3 is 2.27 bits per heavy atom. The number of carbonyl (C=O) groups is 1. The molecule has 1 heterocycles. The Balaban J connectivity index is 2.66. The smallest absolute Gasteiger partial charge is 0.239 e. The van der Waals surface area contributed by atoms with Crippen LogP contribution in [0.2, 0.25) is 0 Å². The van der Waals surface area contributed by atoms with Gasteiger partial charge >= 0.3 is 0 Å². The predicted molar refractivity (Wildman–Crippen MR) is 58.0 cm³/mol. The van der Waals surface area contributed by atoms with Gasteiger partial charge in [-0.15, -0.1) is 0 Å². The van der Waals surface area contributed by atoms with E-state index in [2.05, 4.69) is 25.8 Å². The third-order valence-corrected chi connectivity index (χ3v) is 3.24. The molecular formula is C11H19N3O. The molecule has 1 aliphatic heterocycles. The van der Waals surface area contributed by atoms with Gasteiger partial charge in [0.15, 0.2) is 0 Å². The molecule has 0 radical (unpaired) electrons. The van der Waals surface area contributed by atoms with Gasteiger partial charge in [0.05, 0.1) is 6.07 Å². The number of piperazine rings is 1. The van der Waals surface area contributed by atoms with Gasteiger partial charge in [-0.3, -0.25) is 9.69 Å². The molecule has 1 fully saturated rings. The van der Waals surface area contributed by atoms with E-state index >= 15 is 0 Å². The van der Waals surface area contributed by atoms with Crippen LogP contribution in [0.25, 0.3) is 0 Å². The Bertz CT molecular complexity index is 272. The van der Waals surface area contributed by atoms with Crippen LogP contribution < -0.4 is 0 Å². The number of amides is 1. The van der Waals surface area contributed by atoms with Crippen LogP contribution in [0.4, 0.5) is 0 Å². The van der Waals surface area contributed by atoms with Crippen LogP contribution in [-0.2, 0) is 4.79 Å². The van der Waals surface area contributed by atoms with Gasteiger partial charge in [0.1, 0.15) is 5.92 Å². The van der Waals surface area contributed by atoms with E-state index in [0.717, 1.165) is 13.1 Å². The lowest BCUT2D eigenvalue weighted by Crippen LogP contribution is -2.57. The number of nitrogens with zero attached hydrogens (tertiary/aromatic N) is 3. The second-order valence-electron chi connectivity index (χ2n) is 4.46. The first kappa shape index (κ1) is 12.0. The molecule has 0 spiro atoms. The van der Waals surface area contributed by atoms with Gasteiger partial charge in [-0.1, -0.05) is 0 Å². The Morgan fingerprint density at radius 2 is 1.87 bits per heavy atom. The molecular weight excluding hydrogens is 190 g/mol. The van der Waals surface area contributed by atoms with E-state index in [0.29, 0.717) is 12.1 Å². The van der Waals surface area contributed by atoms with Gasteiger partial charge < -0.3 is 4.90 Å². The zero-order valence-corrected chi connectivity index (χ0v) is 9.90. The lowest BCUT2D eigenvalue weighted by Gasteiger charge is -2.42. The normalized spacial score (nSPS) is 29.7. The topological polar surface area (TPSA) is 47.3 Å². The SMILES string of the molecule is CC(C#N)C(=O)N1CC(C)N(C)C(C)C1. The summed E-state index contributed by atoms with van der Waals surface area (Å²) in [5.74, 6) is -0.558. The molecule has 1 amide bonds. The highest BCUT2D eigenvalue weighted by Gasteiger charge is 2.31. The summed E-state index contributed by atoms with van der Waals surface area (Å²) < 4.78 is 0. The lowest BCUT2D eigenvalue weighted by atomic mass is 10.1. The molecule has 0 aromatic rings. The molecule has 3 atom stereocenters. The van der Waals surface area contributed by atoms with Crippen molar-refractivity contribution in [2.75, 3.05) is 20.1 Å². The molecule has 84 valence electrons. The van der Waals surface area contributed by atoms with Crippen molar-refractivity contribution < 1.29 is 4.79 Å². The van der Waals surface area contributed by atoms with Gasteiger partial charge in [0.2, 0.25) is 5.91 Å². The number of hydrogen-bond acceptors (Lipinski definition) is 3. The molecule has 0 aliphatic carbocycles. The first-order valence-corrected chi connectivity index (χ1v) is 5.37. The van der Waals surface area contributed by atoms with Gasteiger partial charge in [-0.2, -0.15) is 5.26 Å². The molecule has 3 unspecified atom stereocenters. The van der Waals surface area contributed by atoms with Gasteiger partial charge in [0.25, 0.3) is 0 Å². The maximum Gasteiger partial charge on any atom is 0.239 e. The molecule has 4 heteroatoms. The summed E-state index contributed by atoms with van der Waals surface area (Å²) in [4.78, 5) is 15.9. The van der Waals surface area contributed by atoms with E-state index in [9.17, 15) is 4.79 Å². The van der Waals surface area contributed by atoms with Crippen molar-refractivity contribution in [3.63, 3.8) is 0 Å². The van der Waals surface area contributed by atoms with Crippen molar-refractivity contribution in [1.82, 2.24) is 9.80 Å². The fourth-order valence-corrected chi connectivity index (χ4v) is 1.91. The Labute approximate surface area is 91.5 Å². The lowest BCUT2D eigenvalue weighted by molar-refractivity contribution is -0.137. The summed E-state index contributed by atoms with van der Waals surface area (Å²) in [6, 6.07) is 2.73. The van der Waals surface area contributed by atoms with Crippen LogP contribution >= 0.6 is 0 Å². The Morgan fingerprint density at radius 1 is 1.40 bits per heavy atom. The average Bonchev–Trinajstić information content (AvgIpc) is 2.23. The van der Waals surface area contributed by atoms with Crippen LogP contribution in [0.15, 0.2) is 0 Å². The minimum absolute atomic E-state index is 0.0377. The van der Waals surface area contributed by atoms with Crippen LogP contribution in [0.1, 0.15) is 20.8 Å². The van der Waals surface area contributed by atoms with Crippen molar-refractivity contribution in [1.29, 1.82) is 5.26 Å². The molecule has 0 aromatic carbocycles. The van der Waals surface area contributed by atoms with Gasteiger partial charge in [-0.25, -0.2) is 0 Å². The fraction of sp³-hybridized carbons (Fsp3) is 0.818. The third-order valence-electron chi connectivity index (χ3n) is 3.24. The summed E-state index contributed by atoms with van der Waals surface area (Å²) in [5, 5.41) is 8.71. The third kappa shape index (κ3) is 2.48. The number of carbonyl (C=O) groups excluding carboxylic acids is 1. The summed E-state index contributed by atoms with van der Waals surface area (Å²) in [6.45, 7) is 7.33. The number of nitriles is 1. The molecule has 0 bridgehead atoms. The van der Waals surface area contributed by atoms with Crippen LogP contribution in [-0.4, -0.2) is 47.9 Å². The standard InChI is InChI=1S/C11H19N3O/c1-8(5-12)11(15)14-6-9(2)13(4)10(3)7-14/h8-10H,6-7H2,1-4H3. The predicted octanol–water partition coefficient (Wildman–Crippen LogP) is 0.697. The van der Waals surface area contributed by atoms with Crippen molar-refractivity contribution in [3.8, 4) is 6.07 Å². The van der Waals surface area contributed by atoms with Gasteiger partial charge in [-0.05, 0) is 27.8 Å². The van der Waals surface area contributed by atoms with E-state index in [1.807, 2.05) is 11.0 Å². The first-order chi connectivity index (χ1) is 6.97. The van der Waals surface area contributed by atoms with Gasteiger partial charge in [0, 0.05) is 25.2 Å². The summed E-state index contributed by atoms with van der Waals surface area (Å²) in [7, 11) is 2.07. The van der Waals surface area contributed by atoms with Crippen molar-refractivity contribution in [2.45, 2.75) is 32.9 Å². The minimum Gasteiger partial charge on any atom is -0.338 e. The maximum absolute atomic E-state index is 11.8. The summed E-state index contributed by atoms with van der Waals surface area (Å²) in [6.07, 6.45) is 0. The molecule has 0 saturated carbocycles. The second kappa shape index (κ2) is 4.63. The molecule has 4 nitrogen and oxygen atoms in total.